The highest BCUT2D eigenvalue weighted by molar-refractivity contribution is 5.39. The van der Waals surface area contributed by atoms with Crippen LogP contribution in [0.4, 0.5) is 87.8 Å². The van der Waals surface area contributed by atoms with Gasteiger partial charge in [-0.05, 0) is 154 Å². The molecule has 6 aromatic carbocycles. The molecule has 2 aromatic heterocycles. The summed E-state index contributed by atoms with van der Waals surface area (Å²) in [5, 5.41) is 25.2. The average molecular weight is 1410 g/mol. The molecule has 0 fully saturated rings. The molecule has 0 saturated heterocycles. The van der Waals surface area contributed by atoms with Gasteiger partial charge in [-0.3, -0.25) is 0 Å². The van der Waals surface area contributed by atoms with Gasteiger partial charge in [0.05, 0.1) is 17.2 Å². The molecule has 534 valence electrons. The van der Waals surface area contributed by atoms with Crippen LogP contribution in [0, 0.1) is 133 Å². The monoisotopic (exact) mass is 1410 g/mol. The fourth-order valence-electron chi connectivity index (χ4n) is 7.93. The minimum atomic E-state index is -4.61. The van der Waals surface area contributed by atoms with Crippen molar-refractivity contribution >= 4 is 0 Å². The van der Waals surface area contributed by atoms with Crippen molar-refractivity contribution in [1.82, 2.24) is 9.97 Å². The molecule has 0 aliphatic heterocycles. The van der Waals surface area contributed by atoms with Crippen LogP contribution in [0.1, 0.15) is 225 Å². The molecule has 0 radical (unpaired) electrons. The lowest BCUT2D eigenvalue weighted by Gasteiger charge is -2.10. The number of halogens is 20. The zero-order valence-corrected chi connectivity index (χ0v) is 56.7. The van der Waals surface area contributed by atoms with Gasteiger partial charge in [0.2, 0.25) is 11.9 Å². The molecular weight excluding hydrogens is 1340 g/mol. The first-order valence-electron chi connectivity index (χ1n) is 30.2. The summed E-state index contributed by atoms with van der Waals surface area (Å²) in [5.41, 5.74) is 1.19. The van der Waals surface area contributed by atoms with Crippen LogP contribution in [-0.2, 0) is 6.18 Å². The van der Waals surface area contributed by atoms with Crippen LogP contribution in [0.25, 0.3) is 0 Å². The standard InChI is InChI=1S/C10H7F4N.C10H10F4.C10H9F2N.C10H11N.C9H9F3.C9H11F.C8H7F4N.C8H9F2N/c1-4(2)6-9(13)7(11)5(3-15)8(12)10(6)14;1-6(2)7-3-4-8(9(11)5-7)10(12,13)14;1-6(2)7-3-9(11)8(5-13)10(12)4-7;1-8(2)10-5-3-9(7-11)4-6-10;1-5(2)6-3-7(10)9(12)8(11)4-6;1-7(2)8-3-5-9(10)6-4-8;1-3(2)4-5(9)7(11)13-8(12)6(4)10;1-5(2)6-3-7(9)11-8(10)4-6/h4H,1-2H3;3-6H,1-2H3;3-4,6H,1-2H3;3-6,8H,1-2H3;3-5H,1-2H3;3-7H,1-2H3;3H,1-2H3;3-5H,1-2H3. The lowest BCUT2D eigenvalue weighted by Crippen LogP contribution is -2.08. The lowest BCUT2D eigenvalue weighted by molar-refractivity contribution is -0.140. The van der Waals surface area contributed by atoms with Crippen molar-refractivity contribution in [3.8, 4) is 18.2 Å². The molecule has 0 amide bonds. The topological polar surface area (TPSA) is 97.2 Å². The summed E-state index contributed by atoms with van der Waals surface area (Å²) < 4.78 is 253. The van der Waals surface area contributed by atoms with Gasteiger partial charge >= 0.3 is 6.18 Å². The quantitative estimate of drug-likeness (QED) is 0.0653. The van der Waals surface area contributed by atoms with E-state index in [1.807, 2.05) is 64.1 Å². The Bertz CT molecular complexity index is 3930. The summed E-state index contributed by atoms with van der Waals surface area (Å²) >= 11 is 0. The fraction of sp³-hybridized carbons (Fsp3) is 0.338. The van der Waals surface area contributed by atoms with Gasteiger partial charge < -0.3 is 0 Å². The maximum absolute atomic E-state index is 13.2. The van der Waals surface area contributed by atoms with Crippen molar-refractivity contribution in [3.63, 3.8) is 0 Å². The Morgan fingerprint density at radius 2 is 0.606 bits per heavy atom. The Labute approximate surface area is 563 Å². The van der Waals surface area contributed by atoms with Gasteiger partial charge in [0.25, 0.3) is 11.9 Å². The summed E-state index contributed by atoms with van der Waals surface area (Å²) in [6.07, 6.45) is -4.61. The van der Waals surface area contributed by atoms with Gasteiger partial charge in [-0.1, -0.05) is 141 Å². The Kier molecular flexibility index (Phi) is 35.9. The van der Waals surface area contributed by atoms with Crippen LogP contribution < -0.4 is 0 Å². The molecular formula is C74H73F20N5. The Hall–Kier alpha value is -9.31. The smallest absolute Gasteiger partial charge is 0.207 e. The molecule has 0 N–H and O–H groups in total. The molecule has 99 heavy (non-hydrogen) atoms. The normalized spacial score (nSPS) is 10.7. The molecule has 25 heteroatoms. The second-order valence-corrected chi connectivity index (χ2v) is 24.0. The van der Waals surface area contributed by atoms with E-state index in [0.717, 1.165) is 35.9 Å². The molecule has 8 aromatic rings. The second kappa shape index (κ2) is 40.5. The maximum atomic E-state index is 13.2. The van der Waals surface area contributed by atoms with Crippen LogP contribution in [0.15, 0.2) is 103 Å². The summed E-state index contributed by atoms with van der Waals surface area (Å²) in [6.45, 7) is 28.7. The zero-order valence-electron chi connectivity index (χ0n) is 56.7. The number of alkyl halides is 3. The first-order valence-corrected chi connectivity index (χ1v) is 30.2. The average Bonchev–Trinajstić information content (AvgIpc) is 0.781. The van der Waals surface area contributed by atoms with Crippen LogP contribution >= 0.6 is 0 Å². The third-order valence-electron chi connectivity index (χ3n) is 13.8. The largest absolute Gasteiger partial charge is 0.419 e. The minimum absolute atomic E-state index is 0.00500. The molecule has 0 atom stereocenters. The van der Waals surface area contributed by atoms with E-state index in [4.69, 9.17) is 15.8 Å². The number of hydrogen-bond acceptors (Lipinski definition) is 5. The van der Waals surface area contributed by atoms with E-state index in [9.17, 15) is 87.8 Å². The Balaban J connectivity index is 0.000000567. The van der Waals surface area contributed by atoms with E-state index in [1.165, 1.54) is 87.4 Å². The number of nitrogens with zero attached hydrogens (tertiary/aromatic N) is 5. The molecule has 0 bridgehead atoms. The number of rotatable bonds is 8. The van der Waals surface area contributed by atoms with Gasteiger partial charge in [0.1, 0.15) is 46.5 Å². The third kappa shape index (κ3) is 27.5. The number of benzene rings is 6. The van der Waals surface area contributed by atoms with E-state index < -0.39 is 139 Å². The van der Waals surface area contributed by atoms with Gasteiger partial charge in [-0.25, -0.2) is 57.1 Å². The summed E-state index contributed by atoms with van der Waals surface area (Å²) in [4.78, 5) is 5.42. The van der Waals surface area contributed by atoms with Crippen molar-refractivity contribution in [2.24, 2.45) is 0 Å². The number of nitriles is 3. The van der Waals surface area contributed by atoms with E-state index in [1.54, 1.807) is 27.7 Å². The van der Waals surface area contributed by atoms with Gasteiger partial charge in [-0.15, -0.1) is 0 Å². The second-order valence-electron chi connectivity index (χ2n) is 24.0. The first kappa shape index (κ1) is 87.7. The summed E-state index contributed by atoms with van der Waals surface area (Å²) in [5.74, 6) is -20.6. The van der Waals surface area contributed by atoms with E-state index >= 15 is 0 Å². The molecule has 0 aliphatic carbocycles. The predicted molar refractivity (Wildman–Crippen MR) is 338 cm³/mol. The van der Waals surface area contributed by atoms with Crippen LogP contribution in [0.5, 0.6) is 0 Å². The van der Waals surface area contributed by atoms with E-state index in [2.05, 4.69) is 43.7 Å². The van der Waals surface area contributed by atoms with Gasteiger partial charge in [0, 0.05) is 11.1 Å². The third-order valence-corrected chi connectivity index (χ3v) is 13.8. The highest BCUT2D eigenvalue weighted by atomic mass is 19.4. The van der Waals surface area contributed by atoms with E-state index in [-0.39, 0.29) is 29.5 Å². The Morgan fingerprint density at radius 3 is 0.919 bits per heavy atom. The highest BCUT2D eigenvalue weighted by Gasteiger charge is 2.34. The Morgan fingerprint density at radius 1 is 0.293 bits per heavy atom. The van der Waals surface area contributed by atoms with Gasteiger partial charge in [0.15, 0.2) is 52.4 Å². The highest BCUT2D eigenvalue weighted by Crippen LogP contribution is 2.33. The van der Waals surface area contributed by atoms with Crippen molar-refractivity contribution in [2.75, 3.05) is 0 Å². The first-order chi connectivity index (χ1) is 45.8. The molecule has 0 unspecified atom stereocenters. The van der Waals surface area contributed by atoms with Crippen molar-refractivity contribution in [3.05, 3.63) is 269 Å². The molecule has 0 spiro atoms. The molecule has 5 nitrogen and oxygen atoms in total. The number of aromatic nitrogens is 2. The van der Waals surface area contributed by atoms with E-state index in [0.29, 0.717) is 34.1 Å². The zero-order chi connectivity index (χ0) is 76.4. The van der Waals surface area contributed by atoms with Crippen molar-refractivity contribution in [2.45, 2.75) is 164 Å². The SMILES string of the molecule is CC(C)c1c(F)c(F)c(C#N)c(F)c1F.CC(C)c1c(F)c(F)nc(F)c1F.CC(C)c1cc(F)c(C#N)c(F)c1.CC(C)c1cc(F)c(F)c(F)c1.CC(C)c1cc(F)nc(F)c1.CC(C)c1ccc(C#N)cc1.CC(C)c1ccc(C(F)(F)F)c(F)c1.CC(C)c1ccc(F)cc1. The summed E-state index contributed by atoms with van der Waals surface area (Å²) in [7, 11) is 0. The molecule has 2 heterocycles. The predicted octanol–water partition coefficient (Wildman–Crippen LogP) is 24.3. The number of hydrogen-bond donors (Lipinski definition) is 0. The van der Waals surface area contributed by atoms with Crippen molar-refractivity contribution < 1.29 is 87.8 Å². The molecule has 0 aliphatic rings. The van der Waals surface area contributed by atoms with Gasteiger partial charge in [-0.2, -0.15) is 56.5 Å². The number of pyridine rings is 2. The molecule has 0 saturated carbocycles. The lowest BCUT2D eigenvalue weighted by atomic mass is 9.99. The van der Waals surface area contributed by atoms with Crippen LogP contribution in [0.2, 0.25) is 0 Å². The minimum Gasteiger partial charge on any atom is -0.207 e. The van der Waals surface area contributed by atoms with Crippen LogP contribution in [-0.4, -0.2) is 9.97 Å². The molecule has 8 rings (SSSR count). The van der Waals surface area contributed by atoms with Crippen LogP contribution in [0.3, 0.4) is 0 Å². The fourth-order valence-corrected chi connectivity index (χ4v) is 7.93. The maximum Gasteiger partial charge on any atom is 0.419 e. The van der Waals surface area contributed by atoms with Crippen molar-refractivity contribution in [1.29, 1.82) is 15.8 Å². The summed E-state index contributed by atoms with van der Waals surface area (Å²) in [6, 6.07) is 28.9.